The van der Waals surface area contributed by atoms with E-state index in [9.17, 15) is 9.59 Å². The number of carbonyl (C=O) groups is 1. The topological polar surface area (TPSA) is 77.1 Å². The molecule has 0 aliphatic heterocycles. The van der Waals surface area contributed by atoms with Crippen molar-refractivity contribution in [2.24, 2.45) is 7.05 Å². The molecule has 1 atom stereocenters. The van der Waals surface area contributed by atoms with Crippen molar-refractivity contribution in [3.05, 3.63) is 58.8 Å². The summed E-state index contributed by atoms with van der Waals surface area (Å²) in [5, 5.41) is 3.23. The van der Waals surface area contributed by atoms with E-state index in [0.717, 1.165) is 28.6 Å². The van der Waals surface area contributed by atoms with Crippen molar-refractivity contribution in [3.63, 3.8) is 0 Å². The van der Waals surface area contributed by atoms with Crippen LogP contribution in [0.4, 0.5) is 0 Å². The Bertz CT molecular complexity index is 934. The first kappa shape index (κ1) is 17.3. The second-order valence-electron chi connectivity index (χ2n) is 5.81. The highest BCUT2D eigenvalue weighted by molar-refractivity contribution is 7.99. The molecule has 0 radical (unpaired) electrons. The first-order valence-electron chi connectivity index (χ1n) is 7.95. The molecule has 6 nitrogen and oxygen atoms in total. The van der Waals surface area contributed by atoms with E-state index in [-0.39, 0.29) is 23.3 Å². The molecule has 0 aliphatic rings. The van der Waals surface area contributed by atoms with Crippen LogP contribution in [0.25, 0.3) is 11.0 Å². The molecule has 0 spiro atoms. The van der Waals surface area contributed by atoms with Crippen molar-refractivity contribution in [2.45, 2.75) is 24.4 Å². The van der Waals surface area contributed by atoms with Gasteiger partial charge >= 0.3 is 0 Å². The number of rotatable bonds is 6. The number of thioether (sulfide) groups is 1. The lowest BCUT2D eigenvalue weighted by Crippen LogP contribution is -2.35. The number of para-hydroxylation sites is 2. The van der Waals surface area contributed by atoms with Gasteiger partial charge in [0.1, 0.15) is 5.76 Å². The molecule has 0 unspecified atom stereocenters. The van der Waals surface area contributed by atoms with Crippen LogP contribution in [0.5, 0.6) is 0 Å². The molecule has 0 bridgehead atoms. The Morgan fingerprint density at radius 2 is 2.12 bits per heavy atom. The van der Waals surface area contributed by atoms with Crippen molar-refractivity contribution in [1.29, 1.82) is 0 Å². The number of aryl methyl sites for hydroxylation is 1. The third kappa shape index (κ3) is 4.11. The average molecular weight is 357 g/mol. The largest absolute Gasteiger partial charge is 0.469 e. The van der Waals surface area contributed by atoms with Gasteiger partial charge in [-0.05, 0) is 31.2 Å². The average Bonchev–Trinajstić information content (AvgIpc) is 3.09. The number of hydrogen-bond donors (Lipinski definition) is 1. The van der Waals surface area contributed by atoms with E-state index in [1.165, 1.54) is 0 Å². The molecule has 3 aromatic rings. The minimum atomic E-state index is -0.194. The molecule has 1 aromatic carbocycles. The molecule has 2 aromatic heterocycles. The van der Waals surface area contributed by atoms with Crippen LogP contribution >= 0.6 is 11.8 Å². The van der Waals surface area contributed by atoms with Crippen LogP contribution in [0.2, 0.25) is 0 Å². The number of furan rings is 1. The lowest BCUT2D eigenvalue weighted by molar-refractivity contribution is -0.119. The normalized spacial score (nSPS) is 12.2. The van der Waals surface area contributed by atoms with E-state index in [1.54, 1.807) is 17.9 Å². The summed E-state index contributed by atoms with van der Waals surface area (Å²) < 4.78 is 6.83. The minimum Gasteiger partial charge on any atom is -0.469 e. The summed E-state index contributed by atoms with van der Waals surface area (Å²) in [6, 6.07) is 11.1. The van der Waals surface area contributed by atoms with E-state index < -0.39 is 0 Å². The van der Waals surface area contributed by atoms with Gasteiger partial charge in [-0.2, -0.15) is 0 Å². The van der Waals surface area contributed by atoms with Crippen LogP contribution in [-0.2, 0) is 18.3 Å². The maximum absolute atomic E-state index is 12.4. The van der Waals surface area contributed by atoms with Gasteiger partial charge in [-0.3, -0.25) is 9.59 Å². The number of nitrogens with one attached hydrogen (secondary N) is 1. The number of benzene rings is 1. The van der Waals surface area contributed by atoms with Gasteiger partial charge in [0.15, 0.2) is 5.03 Å². The van der Waals surface area contributed by atoms with Crippen LogP contribution in [0, 0.1) is 0 Å². The van der Waals surface area contributed by atoms with Gasteiger partial charge in [0.25, 0.3) is 5.56 Å². The standard InChI is InChI=1S/C18H19N3O3S/c1-12(10-13-6-5-9-24-13)19-16(22)11-25-17-18(23)21(2)15-8-4-3-7-14(15)20-17/h3-9,12H,10-11H2,1-2H3,(H,19,22)/t12-/m1/s1. The highest BCUT2D eigenvalue weighted by Crippen LogP contribution is 2.15. The number of hydrogen-bond acceptors (Lipinski definition) is 5. The van der Waals surface area contributed by atoms with Gasteiger partial charge in [-0.15, -0.1) is 0 Å². The maximum atomic E-state index is 12.4. The van der Waals surface area contributed by atoms with Crippen LogP contribution < -0.4 is 10.9 Å². The van der Waals surface area contributed by atoms with Gasteiger partial charge in [0.2, 0.25) is 5.91 Å². The molecule has 2 heterocycles. The fourth-order valence-corrected chi connectivity index (χ4v) is 3.35. The molecule has 1 amide bonds. The van der Waals surface area contributed by atoms with Gasteiger partial charge in [0, 0.05) is 19.5 Å². The molecule has 25 heavy (non-hydrogen) atoms. The van der Waals surface area contributed by atoms with Crippen LogP contribution in [0.1, 0.15) is 12.7 Å². The summed E-state index contributed by atoms with van der Waals surface area (Å²) in [7, 11) is 1.71. The molecule has 0 saturated heterocycles. The first-order valence-corrected chi connectivity index (χ1v) is 8.93. The monoisotopic (exact) mass is 357 g/mol. The van der Waals surface area contributed by atoms with Crippen molar-refractivity contribution in [2.75, 3.05) is 5.75 Å². The second kappa shape index (κ2) is 7.57. The van der Waals surface area contributed by atoms with Crippen LogP contribution in [-0.4, -0.2) is 27.3 Å². The van der Waals surface area contributed by atoms with Gasteiger partial charge in [0.05, 0.1) is 23.0 Å². The number of carbonyl (C=O) groups excluding carboxylic acids is 1. The summed E-state index contributed by atoms with van der Waals surface area (Å²) in [4.78, 5) is 28.9. The van der Waals surface area contributed by atoms with E-state index in [1.807, 2.05) is 43.3 Å². The predicted molar refractivity (Wildman–Crippen MR) is 97.7 cm³/mol. The molecule has 0 saturated carbocycles. The third-order valence-electron chi connectivity index (χ3n) is 3.79. The highest BCUT2D eigenvalue weighted by Gasteiger charge is 2.13. The SMILES string of the molecule is C[C@H](Cc1ccco1)NC(=O)CSc1nc2ccccc2n(C)c1=O. The van der Waals surface area contributed by atoms with E-state index in [2.05, 4.69) is 10.3 Å². The Hall–Kier alpha value is -2.54. The summed E-state index contributed by atoms with van der Waals surface area (Å²) in [5.74, 6) is 0.829. The Kier molecular flexibility index (Phi) is 5.23. The summed E-state index contributed by atoms with van der Waals surface area (Å²) >= 11 is 1.15. The lowest BCUT2D eigenvalue weighted by Gasteiger charge is -2.12. The number of aromatic nitrogens is 2. The van der Waals surface area contributed by atoms with Crippen molar-refractivity contribution >= 4 is 28.7 Å². The summed E-state index contributed by atoms with van der Waals surface area (Å²) in [6.07, 6.45) is 2.24. The van der Waals surface area contributed by atoms with Crippen LogP contribution in [0.3, 0.4) is 0 Å². The van der Waals surface area contributed by atoms with E-state index in [4.69, 9.17) is 4.42 Å². The molecule has 0 fully saturated rings. The number of fused-ring (bicyclic) bond motifs is 1. The molecule has 0 aliphatic carbocycles. The predicted octanol–water partition coefficient (Wildman–Crippen LogP) is 2.37. The molecule has 3 rings (SSSR count). The molecule has 7 heteroatoms. The maximum Gasteiger partial charge on any atom is 0.283 e. The smallest absolute Gasteiger partial charge is 0.283 e. The molecular formula is C18H19N3O3S. The number of nitrogens with zero attached hydrogens (tertiary/aromatic N) is 2. The van der Waals surface area contributed by atoms with Crippen molar-refractivity contribution < 1.29 is 9.21 Å². The third-order valence-corrected chi connectivity index (χ3v) is 4.73. The Morgan fingerprint density at radius 1 is 1.32 bits per heavy atom. The summed E-state index contributed by atoms with van der Waals surface area (Å²) in [6.45, 7) is 1.92. The fourth-order valence-electron chi connectivity index (χ4n) is 2.58. The van der Waals surface area contributed by atoms with E-state index >= 15 is 0 Å². The second-order valence-corrected chi connectivity index (χ2v) is 6.77. The Morgan fingerprint density at radius 3 is 2.88 bits per heavy atom. The minimum absolute atomic E-state index is 0.0494. The zero-order valence-corrected chi connectivity index (χ0v) is 14.9. The zero-order valence-electron chi connectivity index (χ0n) is 14.1. The quantitative estimate of drug-likeness (QED) is 0.685. The lowest BCUT2D eigenvalue weighted by atomic mass is 10.2. The molecular weight excluding hydrogens is 338 g/mol. The van der Waals surface area contributed by atoms with E-state index in [0.29, 0.717) is 11.4 Å². The Balaban J connectivity index is 1.63. The zero-order chi connectivity index (χ0) is 17.8. The van der Waals surface area contributed by atoms with Crippen molar-refractivity contribution in [3.8, 4) is 0 Å². The highest BCUT2D eigenvalue weighted by atomic mass is 32.2. The fraction of sp³-hybridized carbons (Fsp3) is 0.278. The van der Waals surface area contributed by atoms with Crippen LogP contribution in [0.15, 0.2) is 56.9 Å². The van der Waals surface area contributed by atoms with Crippen molar-refractivity contribution in [1.82, 2.24) is 14.9 Å². The van der Waals surface area contributed by atoms with Gasteiger partial charge < -0.3 is 14.3 Å². The van der Waals surface area contributed by atoms with Gasteiger partial charge in [-0.1, -0.05) is 23.9 Å². The first-order chi connectivity index (χ1) is 12.0. The summed E-state index contributed by atoms with van der Waals surface area (Å²) in [5.41, 5.74) is 1.31. The van der Waals surface area contributed by atoms with Gasteiger partial charge in [-0.25, -0.2) is 4.98 Å². The number of amides is 1. The molecule has 1 N–H and O–H groups in total. The Labute approximate surface area is 149 Å². The molecule has 130 valence electrons.